The smallest absolute Gasteiger partial charge is 0.254 e. The minimum absolute atomic E-state index is 0.0384. The van der Waals surface area contributed by atoms with Gasteiger partial charge in [0, 0.05) is 23.5 Å². The minimum atomic E-state index is -0.0384. The predicted octanol–water partition coefficient (Wildman–Crippen LogP) is 4.31. The van der Waals surface area contributed by atoms with E-state index in [0.29, 0.717) is 48.5 Å². The molecule has 0 unspecified atom stereocenters. The van der Waals surface area contributed by atoms with Crippen molar-refractivity contribution in [3.63, 3.8) is 0 Å². The van der Waals surface area contributed by atoms with Crippen molar-refractivity contribution in [1.29, 1.82) is 10.5 Å². The van der Waals surface area contributed by atoms with E-state index < -0.39 is 0 Å². The average molecular weight is 429 g/mol. The zero-order valence-corrected chi connectivity index (χ0v) is 17.8. The maximum absolute atomic E-state index is 13.0. The Morgan fingerprint density at radius 1 is 1.19 bits per heavy atom. The first-order valence-corrected chi connectivity index (χ1v) is 10.7. The molecule has 0 saturated carbocycles. The number of hydrogen-bond donors (Lipinski definition) is 1. The SMILES string of the molecule is COc1cccc(C(=O)N2CCc3c(sc(NCc4ccc(C#N)cc4)c3C#N)C2)c1. The van der Waals surface area contributed by atoms with Crippen LogP contribution in [0.5, 0.6) is 5.75 Å². The lowest BCUT2D eigenvalue weighted by molar-refractivity contribution is 0.0736. The minimum Gasteiger partial charge on any atom is -0.497 e. The van der Waals surface area contributed by atoms with Gasteiger partial charge in [0.25, 0.3) is 5.91 Å². The molecule has 3 aromatic rings. The second-order valence-electron chi connectivity index (χ2n) is 7.19. The summed E-state index contributed by atoms with van der Waals surface area (Å²) in [5, 5.41) is 22.8. The van der Waals surface area contributed by atoms with Crippen molar-refractivity contribution in [2.45, 2.75) is 19.5 Å². The number of carbonyl (C=O) groups excluding carboxylic acids is 1. The molecule has 0 aliphatic carbocycles. The van der Waals surface area contributed by atoms with Gasteiger partial charge in [-0.1, -0.05) is 18.2 Å². The van der Waals surface area contributed by atoms with Gasteiger partial charge in [-0.2, -0.15) is 10.5 Å². The first-order chi connectivity index (χ1) is 15.1. The highest BCUT2D eigenvalue weighted by Gasteiger charge is 2.27. The number of rotatable bonds is 5. The third kappa shape index (κ3) is 4.23. The maximum Gasteiger partial charge on any atom is 0.254 e. The van der Waals surface area contributed by atoms with Crippen LogP contribution < -0.4 is 10.1 Å². The van der Waals surface area contributed by atoms with E-state index in [9.17, 15) is 10.1 Å². The molecule has 2 heterocycles. The molecule has 154 valence electrons. The van der Waals surface area contributed by atoms with E-state index in [-0.39, 0.29) is 5.91 Å². The summed E-state index contributed by atoms with van der Waals surface area (Å²) in [6.07, 6.45) is 0.656. The molecule has 7 heteroatoms. The summed E-state index contributed by atoms with van der Waals surface area (Å²) in [6.45, 7) is 1.62. The van der Waals surface area contributed by atoms with Crippen LogP contribution in [0.3, 0.4) is 0 Å². The van der Waals surface area contributed by atoms with E-state index in [1.165, 1.54) is 11.3 Å². The third-order valence-corrected chi connectivity index (χ3v) is 6.48. The normalized spacial score (nSPS) is 12.4. The van der Waals surface area contributed by atoms with Crippen LogP contribution >= 0.6 is 11.3 Å². The van der Waals surface area contributed by atoms with Crippen molar-refractivity contribution >= 4 is 22.2 Å². The van der Waals surface area contributed by atoms with Gasteiger partial charge in [0.15, 0.2) is 0 Å². The molecule has 4 rings (SSSR count). The molecule has 0 spiro atoms. The molecule has 1 amide bonds. The first-order valence-electron chi connectivity index (χ1n) is 9.83. The lowest BCUT2D eigenvalue weighted by Gasteiger charge is -2.27. The van der Waals surface area contributed by atoms with E-state index in [0.717, 1.165) is 21.0 Å². The lowest BCUT2D eigenvalue weighted by Crippen LogP contribution is -2.35. The van der Waals surface area contributed by atoms with Crippen LogP contribution in [0, 0.1) is 22.7 Å². The summed E-state index contributed by atoms with van der Waals surface area (Å²) >= 11 is 1.53. The Morgan fingerprint density at radius 3 is 2.71 bits per heavy atom. The number of amides is 1. The summed E-state index contributed by atoms with van der Waals surface area (Å²) < 4.78 is 5.23. The fourth-order valence-corrected chi connectivity index (χ4v) is 4.85. The molecule has 31 heavy (non-hydrogen) atoms. The van der Waals surface area contributed by atoms with Crippen molar-refractivity contribution in [1.82, 2.24) is 4.90 Å². The fraction of sp³-hybridized carbons (Fsp3) is 0.208. The van der Waals surface area contributed by atoms with E-state index in [4.69, 9.17) is 10.00 Å². The summed E-state index contributed by atoms with van der Waals surface area (Å²) in [5.41, 5.74) is 3.95. The summed E-state index contributed by atoms with van der Waals surface area (Å²) in [4.78, 5) is 15.8. The summed E-state index contributed by atoms with van der Waals surface area (Å²) in [7, 11) is 1.58. The van der Waals surface area contributed by atoms with Gasteiger partial charge in [-0.3, -0.25) is 4.79 Å². The molecule has 2 aromatic carbocycles. The van der Waals surface area contributed by atoms with Crippen molar-refractivity contribution in [3.05, 3.63) is 81.2 Å². The van der Waals surface area contributed by atoms with Crippen LogP contribution in [-0.2, 0) is 19.5 Å². The maximum atomic E-state index is 13.0. The Bertz CT molecular complexity index is 1200. The van der Waals surface area contributed by atoms with Gasteiger partial charge < -0.3 is 15.0 Å². The van der Waals surface area contributed by atoms with Gasteiger partial charge in [-0.05, 0) is 47.9 Å². The second kappa shape index (κ2) is 8.91. The van der Waals surface area contributed by atoms with Crippen LogP contribution in [0.1, 0.15) is 37.5 Å². The molecule has 1 N–H and O–H groups in total. The number of nitrogens with zero attached hydrogens (tertiary/aromatic N) is 3. The van der Waals surface area contributed by atoms with Gasteiger partial charge in [0.2, 0.25) is 0 Å². The number of methoxy groups -OCH3 is 1. The van der Waals surface area contributed by atoms with Crippen molar-refractivity contribution in [2.75, 3.05) is 19.0 Å². The molecule has 0 bridgehead atoms. The molecule has 0 radical (unpaired) electrons. The molecule has 1 aliphatic heterocycles. The Balaban J connectivity index is 1.50. The number of benzene rings is 2. The Hall–Kier alpha value is -3.81. The van der Waals surface area contributed by atoms with Gasteiger partial charge >= 0.3 is 0 Å². The Morgan fingerprint density at radius 2 is 2.00 bits per heavy atom. The highest BCUT2D eigenvalue weighted by Crippen LogP contribution is 2.37. The zero-order chi connectivity index (χ0) is 21.8. The van der Waals surface area contributed by atoms with Crippen LogP contribution in [0.4, 0.5) is 5.00 Å². The highest BCUT2D eigenvalue weighted by atomic mass is 32.1. The number of nitrogens with one attached hydrogen (secondary N) is 1. The van der Waals surface area contributed by atoms with E-state index in [2.05, 4.69) is 17.5 Å². The Kier molecular flexibility index (Phi) is 5.88. The monoisotopic (exact) mass is 428 g/mol. The molecular weight excluding hydrogens is 408 g/mol. The fourth-order valence-electron chi connectivity index (χ4n) is 3.64. The standard InChI is InChI=1S/C24H20N4O2S/c1-30-19-4-2-3-18(11-19)24(29)28-10-9-20-21(13-26)23(31-22(20)15-28)27-14-17-7-5-16(12-25)6-8-17/h2-8,11,27H,9-10,14-15H2,1H3. The van der Waals surface area contributed by atoms with Crippen LogP contribution in [-0.4, -0.2) is 24.5 Å². The number of fused-ring (bicyclic) bond motifs is 1. The lowest BCUT2D eigenvalue weighted by atomic mass is 10.0. The number of thiophene rings is 1. The van der Waals surface area contributed by atoms with Gasteiger partial charge in [-0.25, -0.2) is 0 Å². The first kappa shape index (κ1) is 20.5. The molecule has 0 fully saturated rings. The molecule has 0 saturated heterocycles. The molecular formula is C24H20N4O2S. The second-order valence-corrected chi connectivity index (χ2v) is 8.30. The van der Waals surface area contributed by atoms with E-state index in [1.807, 2.05) is 29.2 Å². The topological polar surface area (TPSA) is 89.2 Å². The zero-order valence-electron chi connectivity index (χ0n) is 17.0. The number of anilines is 1. The van der Waals surface area contributed by atoms with Crippen molar-refractivity contribution < 1.29 is 9.53 Å². The van der Waals surface area contributed by atoms with Gasteiger partial charge in [0.1, 0.15) is 16.8 Å². The van der Waals surface area contributed by atoms with E-state index in [1.54, 1.807) is 31.4 Å². The van der Waals surface area contributed by atoms with Crippen LogP contribution in [0.15, 0.2) is 48.5 Å². The molecule has 0 atom stereocenters. The van der Waals surface area contributed by atoms with Gasteiger partial charge in [0.05, 0.1) is 30.9 Å². The number of ether oxygens (including phenoxy) is 1. The molecule has 6 nitrogen and oxygen atoms in total. The van der Waals surface area contributed by atoms with Gasteiger partial charge in [-0.15, -0.1) is 11.3 Å². The highest BCUT2D eigenvalue weighted by molar-refractivity contribution is 7.16. The van der Waals surface area contributed by atoms with E-state index >= 15 is 0 Å². The summed E-state index contributed by atoms with van der Waals surface area (Å²) in [5.74, 6) is 0.615. The molecule has 1 aliphatic rings. The molecule has 1 aromatic heterocycles. The Labute approximate surface area is 184 Å². The van der Waals surface area contributed by atoms with Crippen molar-refractivity contribution in [2.24, 2.45) is 0 Å². The number of hydrogen-bond acceptors (Lipinski definition) is 6. The average Bonchev–Trinajstić information content (AvgIpc) is 3.19. The summed E-state index contributed by atoms with van der Waals surface area (Å²) in [6, 6.07) is 19.0. The largest absolute Gasteiger partial charge is 0.497 e. The van der Waals surface area contributed by atoms with Crippen LogP contribution in [0.2, 0.25) is 0 Å². The van der Waals surface area contributed by atoms with Crippen LogP contribution in [0.25, 0.3) is 0 Å². The number of nitriles is 2. The van der Waals surface area contributed by atoms with Crippen molar-refractivity contribution in [3.8, 4) is 17.9 Å². The quantitative estimate of drug-likeness (QED) is 0.654. The predicted molar refractivity (Wildman–Crippen MR) is 119 cm³/mol. The third-order valence-electron chi connectivity index (χ3n) is 5.31. The number of carbonyl (C=O) groups is 1.